The minimum atomic E-state index is -0.284. The molecule has 60 valence electrons. The molecule has 5 nitrogen and oxygen atoms in total. The Morgan fingerprint density at radius 3 is 3.00 bits per heavy atom. The Hall–Kier alpha value is -1.36. The minimum absolute atomic E-state index is 0.284. The maximum atomic E-state index is 11.1. The molecule has 0 saturated heterocycles. The molecule has 11 heavy (non-hydrogen) atoms. The second-order valence-electron chi connectivity index (χ2n) is 1.90. The van der Waals surface area contributed by atoms with Crippen LogP contribution in [0.25, 0.3) is 0 Å². The Kier molecular flexibility index (Phi) is 2.22. The average Bonchev–Trinajstić information content (AvgIpc) is 2.53. The van der Waals surface area contributed by atoms with E-state index in [1.807, 2.05) is 0 Å². The van der Waals surface area contributed by atoms with Gasteiger partial charge in [0.15, 0.2) is 0 Å². The lowest BCUT2D eigenvalue weighted by Gasteiger charge is -2.10. The van der Waals surface area contributed by atoms with Gasteiger partial charge in [-0.1, -0.05) is 5.16 Å². The molecule has 0 bridgehead atoms. The smallest absolute Gasteiger partial charge is 0.282 e. The maximum absolute atomic E-state index is 11.1. The van der Waals surface area contributed by atoms with Crippen LogP contribution in [-0.4, -0.2) is 30.3 Å². The third-order valence-electron chi connectivity index (χ3n) is 1.24. The number of carbonyl (C=O) groups is 1. The van der Waals surface area contributed by atoms with Crippen LogP contribution >= 0.6 is 0 Å². The van der Waals surface area contributed by atoms with Crippen molar-refractivity contribution in [3.63, 3.8) is 0 Å². The molecule has 0 aliphatic heterocycles. The van der Waals surface area contributed by atoms with Crippen molar-refractivity contribution in [2.24, 2.45) is 0 Å². The Labute approximate surface area is 63.5 Å². The van der Waals surface area contributed by atoms with Crippen molar-refractivity contribution in [3.05, 3.63) is 18.0 Å². The molecule has 1 aromatic heterocycles. The number of amides is 1. The Balaban J connectivity index is 2.70. The third-order valence-corrected chi connectivity index (χ3v) is 1.24. The first-order valence-corrected chi connectivity index (χ1v) is 2.97. The molecule has 0 saturated carbocycles. The molecule has 0 atom stereocenters. The SMILES string of the molecule is CON(C)C(=O)c1cnoc1. The van der Waals surface area contributed by atoms with E-state index in [2.05, 4.69) is 14.5 Å². The second-order valence-corrected chi connectivity index (χ2v) is 1.90. The Bertz CT molecular complexity index is 232. The van der Waals surface area contributed by atoms with Crippen LogP contribution in [0.3, 0.4) is 0 Å². The zero-order chi connectivity index (χ0) is 8.27. The lowest BCUT2D eigenvalue weighted by Crippen LogP contribution is -2.24. The van der Waals surface area contributed by atoms with E-state index in [0.717, 1.165) is 5.06 Å². The fourth-order valence-corrected chi connectivity index (χ4v) is 0.575. The largest absolute Gasteiger partial charge is 0.364 e. The monoisotopic (exact) mass is 156 g/mol. The number of aromatic nitrogens is 1. The highest BCUT2D eigenvalue weighted by Gasteiger charge is 2.12. The summed E-state index contributed by atoms with van der Waals surface area (Å²) in [6.45, 7) is 0. The van der Waals surface area contributed by atoms with E-state index in [1.54, 1.807) is 0 Å². The Morgan fingerprint density at radius 2 is 2.55 bits per heavy atom. The van der Waals surface area contributed by atoms with Crippen LogP contribution in [0, 0.1) is 0 Å². The van der Waals surface area contributed by atoms with Crippen molar-refractivity contribution >= 4 is 5.91 Å². The quantitative estimate of drug-likeness (QED) is 0.578. The summed E-state index contributed by atoms with van der Waals surface area (Å²) < 4.78 is 4.48. The highest BCUT2D eigenvalue weighted by molar-refractivity contribution is 5.92. The predicted octanol–water partition coefficient (Wildman–Crippen LogP) is 0.308. The fourth-order valence-electron chi connectivity index (χ4n) is 0.575. The van der Waals surface area contributed by atoms with Crippen molar-refractivity contribution in [3.8, 4) is 0 Å². The van der Waals surface area contributed by atoms with Crippen LogP contribution in [0.5, 0.6) is 0 Å². The van der Waals surface area contributed by atoms with Gasteiger partial charge in [0.05, 0.1) is 13.3 Å². The standard InChI is InChI=1S/C6H8N2O3/c1-8(10-2)6(9)5-3-7-11-4-5/h3-4H,1-2H3. The second kappa shape index (κ2) is 3.16. The minimum Gasteiger partial charge on any atom is -0.364 e. The Morgan fingerprint density at radius 1 is 1.82 bits per heavy atom. The van der Waals surface area contributed by atoms with E-state index in [9.17, 15) is 4.79 Å². The van der Waals surface area contributed by atoms with E-state index in [0.29, 0.717) is 5.56 Å². The van der Waals surface area contributed by atoms with Crippen molar-refractivity contribution < 1.29 is 14.2 Å². The first kappa shape index (κ1) is 7.74. The lowest BCUT2D eigenvalue weighted by molar-refractivity contribution is -0.0757. The lowest BCUT2D eigenvalue weighted by atomic mass is 10.3. The number of hydrogen-bond donors (Lipinski definition) is 0. The molecule has 1 aromatic rings. The molecule has 0 aliphatic carbocycles. The van der Waals surface area contributed by atoms with Gasteiger partial charge in [0.25, 0.3) is 5.91 Å². The topological polar surface area (TPSA) is 55.6 Å². The van der Waals surface area contributed by atoms with Gasteiger partial charge in [-0.25, -0.2) is 5.06 Å². The summed E-state index contributed by atoms with van der Waals surface area (Å²) in [5.41, 5.74) is 0.370. The molecule has 0 radical (unpaired) electrons. The first-order chi connectivity index (χ1) is 5.25. The molecule has 1 heterocycles. The molecule has 0 spiro atoms. The molecule has 0 N–H and O–H groups in total. The highest BCUT2D eigenvalue weighted by Crippen LogP contribution is 2.00. The summed E-state index contributed by atoms with van der Waals surface area (Å²) in [7, 11) is 2.92. The van der Waals surface area contributed by atoms with Crippen LogP contribution in [0.15, 0.2) is 17.0 Å². The van der Waals surface area contributed by atoms with Gasteiger partial charge in [-0.05, 0) is 0 Å². The number of rotatable bonds is 2. The van der Waals surface area contributed by atoms with Gasteiger partial charge < -0.3 is 4.52 Å². The normalized spacial score (nSPS) is 9.64. The summed E-state index contributed by atoms with van der Waals surface area (Å²) in [5, 5.41) is 4.47. The molecule has 5 heteroatoms. The summed E-state index contributed by atoms with van der Waals surface area (Å²) >= 11 is 0. The number of hydrogen-bond acceptors (Lipinski definition) is 4. The fraction of sp³-hybridized carbons (Fsp3) is 0.333. The first-order valence-electron chi connectivity index (χ1n) is 2.97. The third kappa shape index (κ3) is 1.56. The molecule has 1 amide bonds. The summed E-state index contributed by atoms with van der Waals surface area (Å²) in [4.78, 5) is 15.8. The zero-order valence-electron chi connectivity index (χ0n) is 6.27. The van der Waals surface area contributed by atoms with Gasteiger partial charge in [0, 0.05) is 7.05 Å². The molecular formula is C6H8N2O3. The van der Waals surface area contributed by atoms with Gasteiger partial charge in [-0.2, -0.15) is 0 Å². The average molecular weight is 156 g/mol. The van der Waals surface area contributed by atoms with E-state index < -0.39 is 0 Å². The van der Waals surface area contributed by atoms with Crippen LogP contribution in [-0.2, 0) is 4.84 Å². The maximum Gasteiger partial charge on any atom is 0.282 e. The van der Waals surface area contributed by atoms with E-state index in [4.69, 9.17) is 0 Å². The van der Waals surface area contributed by atoms with E-state index in [-0.39, 0.29) is 5.91 Å². The molecule has 0 unspecified atom stereocenters. The molecular weight excluding hydrogens is 148 g/mol. The van der Waals surface area contributed by atoms with Crippen molar-refractivity contribution in [2.75, 3.05) is 14.2 Å². The van der Waals surface area contributed by atoms with Crippen LogP contribution < -0.4 is 0 Å². The van der Waals surface area contributed by atoms with Crippen LogP contribution in [0.4, 0.5) is 0 Å². The molecule has 0 aliphatic rings. The zero-order valence-corrected chi connectivity index (χ0v) is 6.27. The predicted molar refractivity (Wildman–Crippen MR) is 35.6 cm³/mol. The van der Waals surface area contributed by atoms with Gasteiger partial charge >= 0.3 is 0 Å². The number of nitrogens with zero attached hydrogens (tertiary/aromatic N) is 2. The van der Waals surface area contributed by atoms with E-state index >= 15 is 0 Å². The van der Waals surface area contributed by atoms with Gasteiger partial charge in [-0.3, -0.25) is 9.63 Å². The van der Waals surface area contributed by atoms with Gasteiger partial charge in [-0.15, -0.1) is 0 Å². The van der Waals surface area contributed by atoms with Crippen molar-refractivity contribution in [1.82, 2.24) is 10.2 Å². The van der Waals surface area contributed by atoms with Crippen molar-refractivity contribution in [1.29, 1.82) is 0 Å². The highest BCUT2D eigenvalue weighted by atomic mass is 16.7. The number of carbonyl (C=O) groups excluding carboxylic acids is 1. The summed E-state index contributed by atoms with van der Waals surface area (Å²) in [6.07, 6.45) is 2.59. The molecule has 0 aromatic carbocycles. The number of hydroxylamine groups is 2. The molecule has 1 rings (SSSR count). The van der Waals surface area contributed by atoms with E-state index in [1.165, 1.54) is 26.6 Å². The van der Waals surface area contributed by atoms with Gasteiger partial charge in [0.2, 0.25) is 0 Å². The summed E-state index contributed by atoms with van der Waals surface area (Å²) in [5.74, 6) is -0.284. The molecule has 0 fully saturated rings. The van der Waals surface area contributed by atoms with Crippen LogP contribution in [0.2, 0.25) is 0 Å². The van der Waals surface area contributed by atoms with Gasteiger partial charge in [0.1, 0.15) is 11.8 Å². The van der Waals surface area contributed by atoms with Crippen molar-refractivity contribution in [2.45, 2.75) is 0 Å². The summed E-state index contributed by atoms with van der Waals surface area (Å²) in [6, 6.07) is 0. The van der Waals surface area contributed by atoms with Crippen LogP contribution in [0.1, 0.15) is 10.4 Å².